The summed E-state index contributed by atoms with van der Waals surface area (Å²) in [5.74, 6) is 0.173. The number of carbonyl (C=O) groups excluding carboxylic acids is 2. The van der Waals surface area contributed by atoms with Gasteiger partial charge in [0.2, 0.25) is 21.8 Å². The number of anilines is 2. The maximum atomic E-state index is 13.1. The molecule has 33 heavy (non-hydrogen) atoms. The molecule has 2 aromatic carbocycles. The molecule has 4 rings (SSSR count). The number of ether oxygens (including phenoxy) is 1. The summed E-state index contributed by atoms with van der Waals surface area (Å²) >= 11 is 6.07. The van der Waals surface area contributed by atoms with Crippen molar-refractivity contribution in [3.8, 4) is 5.75 Å². The first-order chi connectivity index (χ1) is 15.6. The van der Waals surface area contributed by atoms with E-state index in [1.165, 1.54) is 26.3 Å². The number of carbonyl (C=O) groups is 2. The van der Waals surface area contributed by atoms with Crippen molar-refractivity contribution in [2.24, 2.45) is 5.92 Å². The molecule has 176 valence electrons. The van der Waals surface area contributed by atoms with E-state index < -0.39 is 15.9 Å². The van der Waals surface area contributed by atoms with Crippen molar-refractivity contribution >= 4 is 44.8 Å². The number of hydrogen-bond acceptors (Lipinski definition) is 5. The molecule has 1 atom stereocenters. The van der Waals surface area contributed by atoms with Gasteiger partial charge in [-0.25, -0.2) is 8.42 Å². The number of hydrogen-bond donors (Lipinski definition) is 1. The molecule has 1 unspecified atom stereocenters. The van der Waals surface area contributed by atoms with Crippen LogP contribution in [-0.4, -0.2) is 51.3 Å². The van der Waals surface area contributed by atoms with Crippen LogP contribution in [0, 0.1) is 5.92 Å². The molecule has 10 heteroatoms. The van der Waals surface area contributed by atoms with Gasteiger partial charge in [-0.3, -0.25) is 9.59 Å². The predicted octanol–water partition coefficient (Wildman–Crippen LogP) is 3.30. The number of nitrogens with zero attached hydrogens (tertiary/aromatic N) is 2. The summed E-state index contributed by atoms with van der Waals surface area (Å²) in [6.45, 7) is 1.60. The maximum Gasteiger partial charge on any atom is 0.243 e. The van der Waals surface area contributed by atoms with Gasteiger partial charge in [0.05, 0.1) is 23.6 Å². The molecule has 1 heterocycles. The van der Waals surface area contributed by atoms with Gasteiger partial charge >= 0.3 is 0 Å². The van der Waals surface area contributed by atoms with Gasteiger partial charge in [-0.05, 0) is 68.1 Å². The smallest absolute Gasteiger partial charge is 0.243 e. The predicted molar refractivity (Wildman–Crippen MR) is 126 cm³/mol. The van der Waals surface area contributed by atoms with Gasteiger partial charge in [0.25, 0.3) is 0 Å². The molecule has 1 aliphatic carbocycles. The molecule has 1 fully saturated rings. The summed E-state index contributed by atoms with van der Waals surface area (Å²) in [5.41, 5.74) is 2.03. The van der Waals surface area contributed by atoms with Crippen molar-refractivity contribution in [2.45, 2.75) is 37.1 Å². The van der Waals surface area contributed by atoms with E-state index in [4.69, 9.17) is 16.3 Å². The van der Waals surface area contributed by atoms with Crippen LogP contribution in [0.2, 0.25) is 5.02 Å². The molecule has 0 bridgehead atoms. The number of likely N-dealkylation sites (N-methyl/N-ethyl adjacent to an activating group) is 1. The van der Waals surface area contributed by atoms with Crippen LogP contribution in [-0.2, 0) is 26.0 Å². The molecule has 1 saturated carbocycles. The number of amides is 2. The van der Waals surface area contributed by atoms with Gasteiger partial charge in [-0.15, -0.1) is 0 Å². The minimum atomic E-state index is -3.90. The Morgan fingerprint density at radius 1 is 1.21 bits per heavy atom. The zero-order valence-electron chi connectivity index (χ0n) is 18.7. The minimum absolute atomic E-state index is 0.00844. The van der Waals surface area contributed by atoms with Gasteiger partial charge in [0, 0.05) is 30.4 Å². The largest absolute Gasteiger partial charge is 0.495 e. The summed E-state index contributed by atoms with van der Waals surface area (Å²) in [7, 11) is -1.06. The Kier molecular flexibility index (Phi) is 6.39. The third-order valence-corrected chi connectivity index (χ3v) is 8.04. The summed E-state index contributed by atoms with van der Waals surface area (Å²) in [6.07, 6.45) is 2.43. The maximum absolute atomic E-state index is 13.1. The highest BCUT2D eigenvalue weighted by molar-refractivity contribution is 7.89. The molecule has 0 spiro atoms. The standard InChI is InChI=1S/C23H26ClN3O5S/c1-14-10-16-11-18(7-8-20(16)27(14)23(29)15-4-5-15)33(30,31)26(2)13-22(28)25-17-6-9-21(32-3)19(24)12-17/h6-9,11-12,14-15H,4-5,10,13H2,1-3H3,(H,25,28). The van der Waals surface area contributed by atoms with Crippen molar-refractivity contribution in [2.75, 3.05) is 30.9 Å². The van der Waals surface area contributed by atoms with Crippen LogP contribution in [0.3, 0.4) is 0 Å². The monoisotopic (exact) mass is 491 g/mol. The lowest BCUT2D eigenvalue weighted by Gasteiger charge is -2.23. The third kappa shape index (κ3) is 4.71. The van der Waals surface area contributed by atoms with E-state index in [-0.39, 0.29) is 29.3 Å². The Morgan fingerprint density at radius 3 is 2.58 bits per heavy atom. The number of nitrogens with one attached hydrogen (secondary N) is 1. The minimum Gasteiger partial charge on any atom is -0.495 e. The van der Waals surface area contributed by atoms with E-state index in [0.717, 1.165) is 28.4 Å². The number of benzene rings is 2. The third-order valence-electron chi connectivity index (χ3n) is 5.94. The van der Waals surface area contributed by atoms with Crippen molar-refractivity contribution in [3.63, 3.8) is 0 Å². The Morgan fingerprint density at radius 2 is 1.94 bits per heavy atom. The van der Waals surface area contributed by atoms with E-state index in [2.05, 4.69) is 5.32 Å². The summed E-state index contributed by atoms with van der Waals surface area (Å²) < 4.78 is 32.3. The molecule has 2 aromatic rings. The first-order valence-corrected chi connectivity index (χ1v) is 12.5. The zero-order valence-corrected chi connectivity index (χ0v) is 20.2. The molecule has 0 radical (unpaired) electrons. The van der Waals surface area contributed by atoms with E-state index in [0.29, 0.717) is 22.9 Å². The Bertz CT molecular complexity index is 1210. The van der Waals surface area contributed by atoms with Crippen molar-refractivity contribution in [1.82, 2.24) is 4.31 Å². The van der Waals surface area contributed by atoms with Crippen LogP contribution in [0.15, 0.2) is 41.3 Å². The average molecular weight is 492 g/mol. The van der Waals surface area contributed by atoms with Gasteiger partial charge in [-0.1, -0.05) is 11.6 Å². The lowest BCUT2D eigenvalue weighted by molar-refractivity contribution is -0.120. The lowest BCUT2D eigenvalue weighted by atomic mass is 10.1. The summed E-state index contributed by atoms with van der Waals surface area (Å²) in [4.78, 5) is 27.0. The highest BCUT2D eigenvalue weighted by Crippen LogP contribution is 2.39. The average Bonchev–Trinajstić information content (AvgIpc) is 3.55. The van der Waals surface area contributed by atoms with Crippen LogP contribution in [0.4, 0.5) is 11.4 Å². The van der Waals surface area contributed by atoms with Gasteiger partial charge < -0.3 is 15.0 Å². The molecular formula is C23H26ClN3O5S. The molecular weight excluding hydrogens is 466 g/mol. The summed E-state index contributed by atoms with van der Waals surface area (Å²) in [6, 6.07) is 9.55. The first kappa shape index (κ1) is 23.5. The number of halogens is 1. The van der Waals surface area contributed by atoms with Crippen molar-refractivity contribution in [3.05, 3.63) is 47.0 Å². The van der Waals surface area contributed by atoms with Crippen molar-refractivity contribution < 1.29 is 22.7 Å². The van der Waals surface area contributed by atoms with Crippen LogP contribution >= 0.6 is 11.6 Å². The van der Waals surface area contributed by atoms with Crippen molar-refractivity contribution in [1.29, 1.82) is 0 Å². The summed E-state index contributed by atoms with van der Waals surface area (Å²) in [5, 5.41) is 2.97. The second-order valence-corrected chi connectivity index (χ2v) is 10.9. The second kappa shape index (κ2) is 8.96. The molecule has 1 N–H and O–H groups in total. The molecule has 8 nitrogen and oxygen atoms in total. The number of fused-ring (bicyclic) bond motifs is 1. The molecule has 2 aliphatic rings. The molecule has 1 aliphatic heterocycles. The van der Waals surface area contributed by atoms with Crippen LogP contribution in [0.25, 0.3) is 0 Å². The molecule has 0 aromatic heterocycles. The molecule has 2 amide bonds. The van der Waals surface area contributed by atoms with E-state index in [1.807, 2.05) is 6.92 Å². The fourth-order valence-electron chi connectivity index (χ4n) is 4.04. The van der Waals surface area contributed by atoms with E-state index in [1.54, 1.807) is 29.2 Å². The van der Waals surface area contributed by atoms with Gasteiger partial charge in [0.1, 0.15) is 5.75 Å². The van der Waals surface area contributed by atoms with Gasteiger partial charge in [-0.2, -0.15) is 4.31 Å². The number of methoxy groups -OCH3 is 1. The normalized spacial score (nSPS) is 17.7. The highest BCUT2D eigenvalue weighted by atomic mass is 35.5. The SMILES string of the molecule is COc1ccc(NC(=O)CN(C)S(=O)(=O)c2ccc3c(c2)CC(C)N3C(=O)C2CC2)cc1Cl. The Hall–Kier alpha value is -2.62. The number of sulfonamides is 1. The van der Waals surface area contributed by atoms with Gasteiger partial charge in [0.15, 0.2) is 0 Å². The fourth-order valence-corrected chi connectivity index (χ4v) is 5.48. The van der Waals surface area contributed by atoms with Crippen LogP contribution in [0.5, 0.6) is 5.75 Å². The second-order valence-electron chi connectivity index (χ2n) is 8.48. The zero-order chi connectivity index (χ0) is 23.9. The topological polar surface area (TPSA) is 96.0 Å². The quantitative estimate of drug-likeness (QED) is 0.641. The Labute approximate surface area is 198 Å². The first-order valence-electron chi connectivity index (χ1n) is 10.7. The van der Waals surface area contributed by atoms with E-state index in [9.17, 15) is 18.0 Å². The van der Waals surface area contributed by atoms with Crippen LogP contribution in [0.1, 0.15) is 25.3 Å². The van der Waals surface area contributed by atoms with Crippen LogP contribution < -0.4 is 15.0 Å². The number of rotatable bonds is 7. The molecule has 0 saturated heterocycles. The Balaban J connectivity index is 1.46. The van der Waals surface area contributed by atoms with E-state index >= 15 is 0 Å². The highest BCUT2D eigenvalue weighted by Gasteiger charge is 2.40. The fraction of sp³-hybridized carbons (Fsp3) is 0.391. The lowest BCUT2D eigenvalue weighted by Crippen LogP contribution is -2.36.